The molecule has 1 aromatic rings. The Hall–Kier alpha value is -1.82. The fourth-order valence-corrected chi connectivity index (χ4v) is 1.92. The van der Waals surface area contributed by atoms with Crippen molar-refractivity contribution >= 4 is 5.91 Å². The number of terminal acetylenes is 1. The van der Waals surface area contributed by atoms with Crippen molar-refractivity contribution < 1.29 is 4.79 Å². The van der Waals surface area contributed by atoms with Crippen molar-refractivity contribution in [2.24, 2.45) is 5.92 Å². The lowest BCUT2D eigenvalue weighted by atomic mass is 10.1. The summed E-state index contributed by atoms with van der Waals surface area (Å²) in [6.07, 6.45) is 5.81. The van der Waals surface area contributed by atoms with E-state index in [1.807, 2.05) is 25.1 Å². The Kier molecular flexibility index (Phi) is 2.91. The average Bonchev–Trinajstić information content (AvgIpc) is 2.60. The molecule has 2 heterocycles. The number of amides is 1. The summed E-state index contributed by atoms with van der Waals surface area (Å²) in [6, 6.07) is 5.83. The van der Waals surface area contributed by atoms with Gasteiger partial charge in [0.15, 0.2) is 0 Å². The highest BCUT2D eigenvalue weighted by Gasteiger charge is 2.28. The van der Waals surface area contributed by atoms with Crippen LogP contribution in [0, 0.1) is 25.2 Å². The van der Waals surface area contributed by atoms with Gasteiger partial charge in [0.1, 0.15) is 0 Å². The largest absolute Gasteiger partial charge is 0.336 e. The van der Waals surface area contributed by atoms with E-state index < -0.39 is 0 Å². The number of nitrogens with zero attached hydrogens (tertiary/aromatic N) is 2. The Morgan fingerprint density at radius 2 is 2.44 bits per heavy atom. The van der Waals surface area contributed by atoms with Gasteiger partial charge in [0.25, 0.3) is 0 Å². The van der Waals surface area contributed by atoms with Gasteiger partial charge in [0, 0.05) is 24.6 Å². The van der Waals surface area contributed by atoms with Gasteiger partial charge in [-0.05, 0) is 19.1 Å². The molecule has 0 bridgehead atoms. The van der Waals surface area contributed by atoms with Crippen molar-refractivity contribution in [1.29, 1.82) is 0 Å². The molecule has 3 nitrogen and oxygen atoms in total. The Morgan fingerprint density at radius 1 is 1.62 bits per heavy atom. The van der Waals surface area contributed by atoms with Crippen LogP contribution in [0.2, 0.25) is 0 Å². The van der Waals surface area contributed by atoms with Crippen LogP contribution in [-0.4, -0.2) is 22.3 Å². The molecule has 1 unspecified atom stereocenters. The fraction of sp³-hybridized carbons (Fsp3) is 0.385. The quantitative estimate of drug-likeness (QED) is 0.697. The molecule has 1 aromatic heterocycles. The average molecular weight is 214 g/mol. The summed E-state index contributed by atoms with van der Waals surface area (Å²) < 4.78 is 0. The van der Waals surface area contributed by atoms with Crippen LogP contribution in [0.3, 0.4) is 0 Å². The summed E-state index contributed by atoms with van der Waals surface area (Å²) in [5, 5.41) is 0. The molecule has 1 aliphatic heterocycles. The second-order valence-corrected chi connectivity index (χ2v) is 4.11. The molecule has 0 spiro atoms. The zero-order valence-electron chi connectivity index (χ0n) is 9.31. The molecule has 2 rings (SSSR count). The summed E-state index contributed by atoms with van der Waals surface area (Å²) in [6.45, 7) is 3.17. The first-order chi connectivity index (χ1) is 7.69. The lowest BCUT2D eigenvalue weighted by Gasteiger charge is -2.15. The van der Waals surface area contributed by atoms with E-state index >= 15 is 0 Å². The number of pyridine rings is 1. The number of hydrogen-bond donors (Lipinski definition) is 0. The van der Waals surface area contributed by atoms with Gasteiger partial charge in [-0.1, -0.05) is 6.07 Å². The number of likely N-dealkylation sites (tertiary alicyclic amines) is 1. The number of carbonyl (C=O) groups is 1. The van der Waals surface area contributed by atoms with E-state index in [4.69, 9.17) is 6.42 Å². The van der Waals surface area contributed by atoms with Crippen molar-refractivity contribution in [3.8, 4) is 12.3 Å². The van der Waals surface area contributed by atoms with E-state index in [1.54, 1.807) is 4.90 Å². The SMILES string of the molecule is C#CC1CC(=O)N(Cc2cccc(C)n2)C1. The van der Waals surface area contributed by atoms with E-state index in [1.165, 1.54) is 0 Å². The molecule has 0 N–H and O–H groups in total. The van der Waals surface area contributed by atoms with E-state index in [0.29, 0.717) is 19.5 Å². The molecule has 3 heteroatoms. The van der Waals surface area contributed by atoms with Gasteiger partial charge in [-0.3, -0.25) is 9.78 Å². The number of carbonyl (C=O) groups excluding carboxylic acids is 1. The van der Waals surface area contributed by atoms with Crippen molar-refractivity contribution in [2.75, 3.05) is 6.54 Å². The molecule has 0 radical (unpaired) electrons. The first-order valence-corrected chi connectivity index (χ1v) is 5.35. The molecule has 0 aromatic carbocycles. The lowest BCUT2D eigenvalue weighted by Crippen LogP contribution is -2.25. The van der Waals surface area contributed by atoms with Crippen molar-refractivity contribution in [1.82, 2.24) is 9.88 Å². The number of aromatic nitrogens is 1. The lowest BCUT2D eigenvalue weighted by molar-refractivity contribution is -0.128. The highest BCUT2D eigenvalue weighted by atomic mass is 16.2. The minimum atomic E-state index is 0.0670. The maximum absolute atomic E-state index is 11.6. The third kappa shape index (κ3) is 2.22. The highest BCUT2D eigenvalue weighted by Crippen LogP contribution is 2.18. The van der Waals surface area contributed by atoms with Crippen LogP contribution in [0.5, 0.6) is 0 Å². The zero-order chi connectivity index (χ0) is 11.5. The van der Waals surface area contributed by atoms with E-state index in [0.717, 1.165) is 11.4 Å². The van der Waals surface area contributed by atoms with Gasteiger partial charge < -0.3 is 4.90 Å². The maximum atomic E-state index is 11.6. The van der Waals surface area contributed by atoms with Gasteiger partial charge in [-0.25, -0.2) is 0 Å². The Bertz CT molecular complexity index is 447. The van der Waals surface area contributed by atoms with Gasteiger partial charge in [-0.15, -0.1) is 12.3 Å². The molecule has 1 fully saturated rings. The molecule has 16 heavy (non-hydrogen) atoms. The molecule has 82 valence electrons. The van der Waals surface area contributed by atoms with E-state index in [9.17, 15) is 4.79 Å². The minimum absolute atomic E-state index is 0.0670. The van der Waals surface area contributed by atoms with Crippen LogP contribution in [0.25, 0.3) is 0 Å². The smallest absolute Gasteiger partial charge is 0.224 e. The molecular formula is C13H14N2O. The molecule has 1 atom stereocenters. The zero-order valence-corrected chi connectivity index (χ0v) is 9.31. The van der Waals surface area contributed by atoms with Crippen LogP contribution in [0.1, 0.15) is 17.8 Å². The summed E-state index contributed by atoms with van der Waals surface area (Å²) in [5.74, 6) is 2.84. The third-order valence-corrected chi connectivity index (χ3v) is 2.75. The van der Waals surface area contributed by atoms with Gasteiger partial charge in [0.2, 0.25) is 5.91 Å². The maximum Gasteiger partial charge on any atom is 0.224 e. The van der Waals surface area contributed by atoms with Crippen LogP contribution < -0.4 is 0 Å². The van der Waals surface area contributed by atoms with Crippen molar-refractivity contribution in [3.63, 3.8) is 0 Å². The second kappa shape index (κ2) is 4.36. The fourth-order valence-electron chi connectivity index (χ4n) is 1.92. The van der Waals surface area contributed by atoms with Crippen LogP contribution in [0.4, 0.5) is 0 Å². The first kappa shape index (κ1) is 10.7. The summed E-state index contributed by atoms with van der Waals surface area (Å²) >= 11 is 0. The van der Waals surface area contributed by atoms with E-state index in [-0.39, 0.29) is 11.8 Å². The van der Waals surface area contributed by atoms with Crippen LogP contribution >= 0.6 is 0 Å². The minimum Gasteiger partial charge on any atom is -0.336 e. The highest BCUT2D eigenvalue weighted by molar-refractivity contribution is 5.79. The van der Waals surface area contributed by atoms with Crippen LogP contribution in [0.15, 0.2) is 18.2 Å². The molecule has 1 saturated heterocycles. The molecule has 1 aliphatic rings. The molecule has 0 saturated carbocycles. The first-order valence-electron chi connectivity index (χ1n) is 5.35. The molecular weight excluding hydrogens is 200 g/mol. The van der Waals surface area contributed by atoms with Gasteiger partial charge >= 0.3 is 0 Å². The van der Waals surface area contributed by atoms with Gasteiger partial charge in [-0.2, -0.15) is 0 Å². The Labute approximate surface area is 95.5 Å². The summed E-state index contributed by atoms with van der Waals surface area (Å²) in [7, 11) is 0. The predicted octanol–water partition coefficient (Wildman–Crippen LogP) is 1.37. The number of aryl methyl sites for hydroxylation is 1. The molecule has 0 aliphatic carbocycles. The number of hydrogen-bond acceptors (Lipinski definition) is 2. The second-order valence-electron chi connectivity index (χ2n) is 4.11. The van der Waals surface area contributed by atoms with E-state index in [2.05, 4.69) is 10.9 Å². The Morgan fingerprint density at radius 3 is 3.06 bits per heavy atom. The standard InChI is InChI=1S/C13H14N2O/c1-3-11-7-13(16)15(8-11)9-12-6-4-5-10(2)14-12/h1,4-6,11H,7-9H2,2H3. The van der Waals surface area contributed by atoms with Crippen molar-refractivity contribution in [2.45, 2.75) is 19.9 Å². The summed E-state index contributed by atoms with van der Waals surface area (Å²) in [4.78, 5) is 17.8. The third-order valence-electron chi connectivity index (χ3n) is 2.75. The number of rotatable bonds is 2. The Balaban J connectivity index is 2.06. The monoisotopic (exact) mass is 214 g/mol. The molecule has 1 amide bonds. The van der Waals surface area contributed by atoms with Crippen LogP contribution in [-0.2, 0) is 11.3 Å². The normalized spacial score (nSPS) is 19.9. The van der Waals surface area contributed by atoms with Crippen molar-refractivity contribution in [3.05, 3.63) is 29.6 Å². The summed E-state index contributed by atoms with van der Waals surface area (Å²) in [5.41, 5.74) is 1.89. The predicted molar refractivity (Wildman–Crippen MR) is 61.3 cm³/mol. The topological polar surface area (TPSA) is 33.2 Å². The van der Waals surface area contributed by atoms with Gasteiger partial charge in [0.05, 0.1) is 12.2 Å².